The number of para-hydroxylation sites is 2. The smallest absolute Gasteiger partial charge is 0.330 e. The predicted molar refractivity (Wildman–Crippen MR) is 126 cm³/mol. The van der Waals surface area contributed by atoms with Crippen LogP contribution in [0, 0.1) is 23.7 Å². The topological polar surface area (TPSA) is 102 Å². The summed E-state index contributed by atoms with van der Waals surface area (Å²) in [6, 6.07) is 14.9. The van der Waals surface area contributed by atoms with E-state index < -0.39 is 36.4 Å². The van der Waals surface area contributed by atoms with Crippen molar-refractivity contribution < 1.29 is 28.7 Å². The van der Waals surface area contributed by atoms with Crippen molar-refractivity contribution in [1.29, 1.82) is 0 Å². The highest BCUT2D eigenvalue weighted by Gasteiger charge is 2.61. The lowest BCUT2D eigenvalue weighted by Crippen LogP contribution is -2.48. The number of rotatable bonds is 8. The number of allylic oxidation sites excluding steroid dienone is 2. The van der Waals surface area contributed by atoms with Crippen molar-refractivity contribution in [2.45, 2.75) is 18.9 Å². The SMILES string of the molecule is COc1ccccc1NC(=O)COC(=O)[C@H](Cc1ccccc1)N1C(=O)[C@@H]2[C@@H](C1=O)[C@H]1C=C[C@H]2C1. The number of hydrogen-bond acceptors (Lipinski definition) is 6. The van der Waals surface area contributed by atoms with Gasteiger partial charge in [0.05, 0.1) is 24.6 Å². The first kappa shape index (κ1) is 22.8. The second-order valence-electron chi connectivity index (χ2n) is 9.11. The predicted octanol–water partition coefficient (Wildman–Crippen LogP) is 2.60. The Morgan fingerprint density at radius 2 is 1.60 bits per heavy atom. The molecule has 0 aromatic heterocycles. The van der Waals surface area contributed by atoms with Crippen LogP contribution in [0.3, 0.4) is 0 Å². The average molecular weight is 475 g/mol. The van der Waals surface area contributed by atoms with Gasteiger partial charge >= 0.3 is 5.97 Å². The zero-order chi connectivity index (χ0) is 24.5. The molecule has 2 aromatic carbocycles. The number of methoxy groups -OCH3 is 1. The van der Waals surface area contributed by atoms with E-state index in [1.165, 1.54) is 7.11 Å². The Morgan fingerprint density at radius 3 is 2.26 bits per heavy atom. The number of anilines is 1. The van der Waals surface area contributed by atoms with Crippen molar-refractivity contribution in [3.8, 4) is 5.75 Å². The third-order valence-corrected chi connectivity index (χ3v) is 7.09. The Morgan fingerprint density at radius 1 is 0.971 bits per heavy atom. The number of carbonyl (C=O) groups excluding carboxylic acids is 4. The molecule has 1 heterocycles. The molecule has 5 atom stereocenters. The van der Waals surface area contributed by atoms with Crippen molar-refractivity contribution in [3.63, 3.8) is 0 Å². The first-order valence-corrected chi connectivity index (χ1v) is 11.7. The Kier molecular flexibility index (Phi) is 6.11. The molecule has 1 aliphatic heterocycles. The van der Waals surface area contributed by atoms with Gasteiger partial charge in [-0.25, -0.2) is 4.79 Å². The first-order chi connectivity index (χ1) is 17.0. The zero-order valence-corrected chi connectivity index (χ0v) is 19.3. The molecular formula is C27H26N2O6. The molecule has 8 nitrogen and oxygen atoms in total. The van der Waals surface area contributed by atoms with Gasteiger partial charge in [0.15, 0.2) is 6.61 Å². The fraction of sp³-hybridized carbons (Fsp3) is 0.333. The van der Waals surface area contributed by atoms with Crippen LogP contribution in [0.5, 0.6) is 5.75 Å². The first-order valence-electron chi connectivity index (χ1n) is 11.7. The van der Waals surface area contributed by atoms with E-state index >= 15 is 0 Å². The summed E-state index contributed by atoms with van der Waals surface area (Å²) in [5.41, 5.74) is 1.23. The second kappa shape index (κ2) is 9.37. The number of imide groups is 1. The quantitative estimate of drug-likeness (QED) is 0.359. The molecule has 8 heteroatoms. The summed E-state index contributed by atoms with van der Waals surface area (Å²) < 4.78 is 10.5. The third kappa shape index (κ3) is 4.20. The van der Waals surface area contributed by atoms with Gasteiger partial charge in [-0.15, -0.1) is 0 Å². The van der Waals surface area contributed by atoms with Crippen LogP contribution in [0.25, 0.3) is 0 Å². The number of nitrogens with zero attached hydrogens (tertiary/aromatic N) is 1. The van der Waals surface area contributed by atoms with Crippen LogP contribution >= 0.6 is 0 Å². The number of ether oxygens (including phenoxy) is 2. The van der Waals surface area contributed by atoms with E-state index in [4.69, 9.17) is 9.47 Å². The van der Waals surface area contributed by atoms with Crippen LogP contribution in [0.4, 0.5) is 5.69 Å². The van der Waals surface area contributed by atoms with Crippen LogP contribution in [0.15, 0.2) is 66.7 Å². The number of benzene rings is 2. The number of nitrogens with one attached hydrogen (secondary N) is 1. The van der Waals surface area contributed by atoms with Crippen LogP contribution in [-0.4, -0.2) is 48.3 Å². The normalized spacial score (nSPS) is 24.9. The van der Waals surface area contributed by atoms with Gasteiger partial charge in [-0.3, -0.25) is 19.3 Å². The van der Waals surface area contributed by atoms with Crippen molar-refractivity contribution in [2.75, 3.05) is 19.0 Å². The number of carbonyl (C=O) groups is 4. The monoisotopic (exact) mass is 474 g/mol. The standard InChI is InChI=1S/C27H26N2O6/c1-34-21-10-6-5-9-19(21)28-22(30)15-35-27(33)20(13-16-7-3-2-4-8-16)29-25(31)23-17-11-12-18(14-17)24(23)26(29)32/h2-12,17-18,20,23-24H,13-15H2,1H3,(H,28,30)/t17-,18-,20-,23-,24-/m0/s1. The van der Waals surface area contributed by atoms with Gasteiger partial charge in [-0.05, 0) is 36.0 Å². The minimum absolute atomic E-state index is 0.0338. The van der Waals surface area contributed by atoms with Gasteiger partial charge in [0.25, 0.3) is 5.91 Å². The van der Waals surface area contributed by atoms with E-state index in [9.17, 15) is 19.2 Å². The maximum absolute atomic E-state index is 13.3. The summed E-state index contributed by atoms with van der Waals surface area (Å²) in [6.45, 7) is -0.557. The van der Waals surface area contributed by atoms with Gasteiger partial charge in [-0.1, -0.05) is 54.6 Å². The number of likely N-dealkylation sites (tertiary alicyclic amines) is 1. The van der Waals surface area contributed by atoms with Crippen LogP contribution in [-0.2, 0) is 30.3 Å². The molecule has 0 unspecified atom stereocenters. The van der Waals surface area contributed by atoms with E-state index in [2.05, 4.69) is 5.32 Å². The number of hydrogen-bond donors (Lipinski definition) is 1. The second-order valence-corrected chi connectivity index (χ2v) is 9.11. The van der Waals surface area contributed by atoms with E-state index in [0.717, 1.165) is 16.9 Å². The molecule has 2 fully saturated rings. The van der Waals surface area contributed by atoms with Gasteiger partial charge < -0.3 is 14.8 Å². The Labute approximate surface area is 202 Å². The zero-order valence-electron chi connectivity index (χ0n) is 19.3. The summed E-state index contributed by atoms with van der Waals surface area (Å²) in [5, 5.41) is 2.65. The summed E-state index contributed by atoms with van der Waals surface area (Å²) in [5.74, 6) is -2.29. The third-order valence-electron chi connectivity index (χ3n) is 7.09. The molecule has 2 aromatic rings. The van der Waals surface area contributed by atoms with Crippen LogP contribution < -0.4 is 10.1 Å². The van der Waals surface area contributed by atoms with Gasteiger partial charge in [0.1, 0.15) is 11.8 Å². The number of amides is 3. The lowest BCUT2D eigenvalue weighted by Gasteiger charge is -2.26. The average Bonchev–Trinajstić information content (AvgIpc) is 3.56. The molecule has 3 amide bonds. The van der Waals surface area contributed by atoms with Crippen LogP contribution in [0.1, 0.15) is 12.0 Å². The molecule has 35 heavy (non-hydrogen) atoms. The van der Waals surface area contributed by atoms with E-state index in [1.807, 2.05) is 42.5 Å². The summed E-state index contributed by atoms with van der Waals surface area (Å²) in [4.78, 5) is 53.5. The molecule has 1 saturated heterocycles. The molecule has 2 aliphatic carbocycles. The fourth-order valence-electron chi connectivity index (χ4n) is 5.52. The molecule has 5 rings (SSSR count). The fourth-order valence-corrected chi connectivity index (χ4v) is 5.52. The Balaban J connectivity index is 1.32. The summed E-state index contributed by atoms with van der Waals surface area (Å²) in [6.07, 6.45) is 4.94. The van der Waals surface area contributed by atoms with Crippen molar-refractivity contribution in [2.24, 2.45) is 23.7 Å². The van der Waals surface area contributed by atoms with E-state index in [-0.39, 0.29) is 30.1 Å². The largest absolute Gasteiger partial charge is 0.495 e. The van der Waals surface area contributed by atoms with Gasteiger partial charge in [0.2, 0.25) is 11.8 Å². The lowest BCUT2D eigenvalue weighted by atomic mass is 9.85. The minimum atomic E-state index is -1.14. The summed E-state index contributed by atoms with van der Waals surface area (Å²) in [7, 11) is 1.49. The van der Waals surface area contributed by atoms with Crippen molar-refractivity contribution in [1.82, 2.24) is 4.90 Å². The molecule has 0 radical (unpaired) electrons. The van der Waals surface area contributed by atoms with Gasteiger partial charge in [0, 0.05) is 6.42 Å². The Hall–Kier alpha value is -3.94. The number of esters is 1. The van der Waals surface area contributed by atoms with Crippen molar-refractivity contribution in [3.05, 3.63) is 72.3 Å². The highest BCUT2D eigenvalue weighted by molar-refractivity contribution is 6.09. The molecule has 1 N–H and O–H groups in total. The van der Waals surface area contributed by atoms with Gasteiger partial charge in [-0.2, -0.15) is 0 Å². The lowest BCUT2D eigenvalue weighted by molar-refractivity contribution is -0.160. The highest BCUT2D eigenvalue weighted by atomic mass is 16.5. The van der Waals surface area contributed by atoms with Crippen LogP contribution in [0.2, 0.25) is 0 Å². The molecule has 0 spiro atoms. The van der Waals surface area contributed by atoms with E-state index in [1.54, 1.807) is 24.3 Å². The summed E-state index contributed by atoms with van der Waals surface area (Å²) >= 11 is 0. The van der Waals surface area contributed by atoms with E-state index in [0.29, 0.717) is 11.4 Å². The molecule has 180 valence electrons. The number of fused-ring (bicyclic) bond motifs is 5. The molecule has 3 aliphatic rings. The maximum Gasteiger partial charge on any atom is 0.330 e. The maximum atomic E-state index is 13.3. The van der Waals surface area contributed by atoms with Crippen molar-refractivity contribution >= 4 is 29.4 Å². The highest BCUT2D eigenvalue weighted by Crippen LogP contribution is 2.53. The molecule has 2 bridgehead atoms. The molecule has 1 saturated carbocycles. The Bertz CT molecular complexity index is 1160. The minimum Gasteiger partial charge on any atom is -0.495 e. The molecular weight excluding hydrogens is 448 g/mol.